The fourth-order valence-corrected chi connectivity index (χ4v) is 2.23. The van der Waals surface area contributed by atoms with Gasteiger partial charge in [-0.3, -0.25) is 9.11 Å². The SMILES string of the molecule is CC1=CC(N)(N)C=CC1c1ccccc1C.O=S(=O)(O)O. The summed E-state index contributed by atoms with van der Waals surface area (Å²) in [5.74, 6) is 0.307. The molecule has 0 saturated carbocycles. The van der Waals surface area contributed by atoms with Crippen LogP contribution in [0.15, 0.2) is 48.1 Å². The standard InChI is InChI=1S/C14H18N2.H2O4S/c1-10-5-3-4-6-12(10)13-7-8-14(15,16)9-11(13)2;1-5(2,3)4/h3-9,13H,15-16H2,1-2H3;(H2,1,2,3,4). The summed E-state index contributed by atoms with van der Waals surface area (Å²) < 4.78 is 31.6. The van der Waals surface area contributed by atoms with Crippen LogP contribution in [0.5, 0.6) is 0 Å². The molecule has 116 valence electrons. The van der Waals surface area contributed by atoms with Gasteiger partial charge in [0.2, 0.25) is 0 Å². The zero-order valence-electron chi connectivity index (χ0n) is 11.9. The van der Waals surface area contributed by atoms with Gasteiger partial charge in [0.05, 0.1) is 0 Å². The molecule has 1 aromatic rings. The smallest absolute Gasteiger partial charge is 0.307 e. The molecule has 0 spiro atoms. The highest BCUT2D eigenvalue weighted by molar-refractivity contribution is 7.79. The minimum absolute atomic E-state index is 0.307. The van der Waals surface area contributed by atoms with Crippen LogP contribution in [0.3, 0.4) is 0 Å². The fourth-order valence-electron chi connectivity index (χ4n) is 2.23. The maximum absolute atomic E-state index is 8.74. The molecular weight excluding hydrogens is 292 g/mol. The first-order valence-corrected chi connectivity index (χ1v) is 7.61. The van der Waals surface area contributed by atoms with Crippen LogP contribution in [0.4, 0.5) is 0 Å². The van der Waals surface area contributed by atoms with Gasteiger partial charge in [0.25, 0.3) is 0 Å². The van der Waals surface area contributed by atoms with Crippen molar-refractivity contribution in [1.29, 1.82) is 0 Å². The molecule has 21 heavy (non-hydrogen) atoms. The Balaban J connectivity index is 0.000000383. The quantitative estimate of drug-likeness (QED) is 0.354. The summed E-state index contributed by atoms with van der Waals surface area (Å²) in [6.45, 7) is 4.21. The third kappa shape index (κ3) is 6.19. The number of benzene rings is 1. The maximum Gasteiger partial charge on any atom is 0.394 e. The Morgan fingerprint density at radius 2 is 1.67 bits per heavy atom. The molecule has 1 aliphatic rings. The van der Waals surface area contributed by atoms with Crippen LogP contribution in [-0.2, 0) is 10.4 Å². The molecule has 1 atom stereocenters. The van der Waals surface area contributed by atoms with E-state index in [0.717, 1.165) is 0 Å². The average Bonchev–Trinajstić information content (AvgIpc) is 2.27. The monoisotopic (exact) mass is 312 g/mol. The van der Waals surface area contributed by atoms with Crippen molar-refractivity contribution in [1.82, 2.24) is 0 Å². The molecular formula is C14H20N2O4S. The van der Waals surface area contributed by atoms with Crippen LogP contribution in [0.2, 0.25) is 0 Å². The van der Waals surface area contributed by atoms with Crippen LogP contribution >= 0.6 is 0 Å². The summed E-state index contributed by atoms with van der Waals surface area (Å²) in [7, 11) is -4.67. The molecule has 1 aliphatic carbocycles. The van der Waals surface area contributed by atoms with Crippen molar-refractivity contribution in [3.63, 3.8) is 0 Å². The van der Waals surface area contributed by atoms with Crippen LogP contribution in [-0.4, -0.2) is 23.2 Å². The van der Waals surface area contributed by atoms with E-state index >= 15 is 0 Å². The molecule has 0 radical (unpaired) electrons. The van der Waals surface area contributed by atoms with Crippen molar-refractivity contribution in [3.05, 3.63) is 59.2 Å². The summed E-state index contributed by atoms with van der Waals surface area (Å²) in [6.07, 6.45) is 5.90. The maximum atomic E-state index is 8.74. The summed E-state index contributed by atoms with van der Waals surface area (Å²) in [4.78, 5) is 0. The van der Waals surface area contributed by atoms with Crippen LogP contribution < -0.4 is 11.5 Å². The number of hydrogen-bond donors (Lipinski definition) is 4. The van der Waals surface area contributed by atoms with Crippen LogP contribution in [0.1, 0.15) is 24.0 Å². The highest BCUT2D eigenvalue weighted by Gasteiger charge is 2.22. The molecule has 6 N–H and O–H groups in total. The second-order valence-corrected chi connectivity index (χ2v) is 5.93. The summed E-state index contributed by atoms with van der Waals surface area (Å²) in [5, 5.41) is 0. The van der Waals surface area contributed by atoms with E-state index in [1.54, 1.807) is 0 Å². The van der Waals surface area contributed by atoms with E-state index in [0.29, 0.717) is 5.92 Å². The zero-order chi connectivity index (χ0) is 16.3. The molecule has 7 heteroatoms. The second-order valence-electron chi connectivity index (χ2n) is 5.03. The lowest BCUT2D eigenvalue weighted by Crippen LogP contribution is -2.46. The van der Waals surface area contributed by atoms with E-state index in [1.807, 2.05) is 12.2 Å². The van der Waals surface area contributed by atoms with Gasteiger partial charge >= 0.3 is 10.4 Å². The highest BCUT2D eigenvalue weighted by Crippen LogP contribution is 2.31. The van der Waals surface area contributed by atoms with Crippen molar-refractivity contribution in [2.75, 3.05) is 0 Å². The van der Waals surface area contributed by atoms with Gasteiger partial charge in [-0.05, 0) is 37.1 Å². The number of allylic oxidation sites excluding steroid dienone is 2. The number of hydrogen-bond acceptors (Lipinski definition) is 4. The molecule has 0 bridgehead atoms. The number of aryl methyl sites for hydroxylation is 1. The Bertz CT molecular complexity index is 655. The van der Waals surface area contributed by atoms with Gasteiger partial charge in [-0.25, -0.2) is 0 Å². The Hall–Kier alpha value is -1.51. The first-order chi connectivity index (χ1) is 9.49. The van der Waals surface area contributed by atoms with E-state index < -0.39 is 16.1 Å². The predicted octanol–water partition coefficient (Wildman–Crippen LogP) is 1.56. The van der Waals surface area contributed by atoms with Gasteiger partial charge in [-0.15, -0.1) is 0 Å². The third-order valence-electron chi connectivity index (χ3n) is 3.07. The van der Waals surface area contributed by atoms with Gasteiger partial charge in [0.15, 0.2) is 0 Å². The summed E-state index contributed by atoms with van der Waals surface area (Å²) >= 11 is 0. The summed E-state index contributed by atoms with van der Waals surface area (Å²) in [6, 6.07) is 8.40. The van der Waals surface area contributed by atoms with Crippen molar-refractivity contribution in [2.45, 2.75) is 25.4 Å². The lowest BCUT2D eigenvalue weighted by molar-refractivity contribution is 0.381. The van der Waals surface area contributed by atoms with Crippen LogP contribution in [0, 0.1) is 6.92 Å². The summed E-state index contributed by atoms with van der Waals surface area (Å²) in [5.41, 5.74) is 14.8. The van der Waals surface area contributed by atoms with E-state index in [1.165, 1.54) is 16.7 Å². The van der Waals surface area contributed by atoms with Crippen molar-refractivity contribution < 1.29 is 17.5 Å². The Labute approximate surface area is 124 Å². The molecule has 0 fully saturated rings. The first-order valence-electron chi connectivity index (χ1n) is 6.21. The topological polar surface area (TPSA) is 127 Å². The molecule has 2 rings (SSSR count). The van der Waals surface area contributed by atoms with Gasteiger partial charge < -0.3 is 11.5 Å². The largest absolute Gasteiger partial charge is 0.394 e. The molecule has 0 aromatic heterocycles. The van der Waals surface area contributed by atoms with Gasteiger partial charge in [0.1, 0.15) is 5.66 Å². The van der Waals surface area contributed by atoms with Crippen molar-refractivity contribution in [2.24, 2.45) is 11.5 Å². The Morgan fingerprint density at radius 3 is 2.14 bits per heavy atom. The number of nitrogens with two attached hydrogens (primary N) is 2. The Kier molecular flexibility index (Phi) is 5.43. The van der Waals surface area contributed by atoms with E-state index in [2.05, 4.69) is 44.2 Å². The van der Waals surface area contributed by atoms with Gasteiger partial charge in [-0.1, -0.05) is 35.9 Å². The van der Waals surface area contributed by atoms with Crippen LogP contribution in [0.25, 0.3) is 0 Å². The predicted molar refractivity (Wildman–Crippen MR) is 82.1 cm³/mol. The average molecular weight is 312 g/mol. The third-order valence-corrected chi connectivity index (χ3v) is 3.07. The molecule has 0 aliphatic heterocycles. The van der Waals surface area contributed by atoms with Gasteiger partial charge in [-0.2, -0.15) is 8.42 Å². The minimum Gasteiger partial charge on any atom is -0.307 e. The molecule has 0 amide bonds. The minimum atomic E-state index is -4.67. The lowest BCUT2D eigenvalue weighted by Gasteiger charge is -2.27. The van der Waals surface area contributed by atoms with E-state index in [-0.39, 0.29) is 0 Å². The second kappa shape index (κ2) is 6.50. The Morgan fingerprint density at radius 1 is 1.14 bits per heavy atom. The zero-order valence-corrected chi connectivity index (χ0v) is 12.7. The molecule has 1 aromatic carbocycles. The van der Waals surface area contributed by atoms with Gasteiger partial charge in [0, 0.05) is 5.92 Å². The molecule has 1 unspecified atom stereocenters. The van der Waals surface area contributed by atoms with Crippen molar-refractivity contribution in [3.8, 4) is 0 Å². The molecule has 0 heterocycles. The van der Waals surface area contributed by atoms with E-state index in [4.69, 9.17) is 29.0 Å². The fraction of sp³-hybridized carbons (Fsp3) is 0.286. The molecule has 6 nitrogen and oxygen atoms in total. The lowest BCUT2D eigenvalue weighted by atomic mass is 9.83. The molecule has 0 saturated heterocycles. The first kappa shape index (κ1) is 17.5. The van der Waals surface area contributed by atoms with Crippen molar-refractivity contribution >= 4 is 10.4 Å². The number of rotatable bonds is 1. The normalized spacial score (nSPS) is 20.3. The van der Waals surface area contributed by atoms with E-state index in [9.17, 15) is 0 Å². The highest BCUT2D eigenvalue weighted by atomic mass is 32.3.